The number of aromatic nitrogens is 2. The lowest BCUT2D eigenvalue weighted by Gasteiger charge is -2.34. The van der Waals surface area contributed by atoms with E-state index in [9.17, 15) is 4.79 Å². The zero-order valence-corrected chi connectivity index (χ0v) is 13.3. The van der Waals surface area contributed by atoms with Crippen LogP contribution in [0.1, 0.15) is 36.7 Å². The molecule has 112 valence electrons. The number of carbonyl (C=O) groups is 1. The minimum absolute atomic E-state index is 0.0356. The van der Waals surface area contributed by atoms with Gasteiger partial charge < -0.3 is 5.32 Å². The molecule has 1 fully saturated rings. The van der Waals surface area contributed by atoms with Crippen LogP contribution in [0.25, 0.3) is 0 Å². The zero-order valence-electron chi connectivity index (χ0n) is 11.7. The number of hydrogen-bond donors (Lipinski definition) is 1. The van der Waals surface area contributed by atoms with Gasteiger partial charge in [0.05, 0.1) is 6.04 Å². The summed E-state index contributed by atoms with van der Waals surface area (Å²) in [6, 6.07) is 0.381. The first-order valence-electron chi connectivity index (χ1n) is 7.16. The molecule has 0 aromatic carbocycles. The van der Waals surface area contributed by atoms with E-state index in [0.717, 1.165) is 19.5 Å². The third kappa shape index (κ3) is 3.87. The van der Waals surface area contributed by atoms with Crippen LogP contribution in [-0.2, 0) is 4.79 Å². The number of amides is 1. The van der Waals surface area contributed by atoms with Gasteiger partial charge in [-0.3, -0.25) is 9.69 Å². The fourth-order valence-corrected chi connectivity index (χ4v) is 4.00. The molecular formula is C14H18N4OS2. The second-order valence-electron chi connectivity index (χ2n) is 5.05. The summed E-state index contributed by atoms with van der Waals surface area (Å²) in [6.45, 7) is 1.83. The predicted octanol–water partition coefficient (Wildman–Crippen LogP) is 3.16. The molecule has 0 saturated carbocycles. The van der Waals surface area contributed by atoms with E-state index in [0.29, 0.717) is 17.6 Å². The van der Waals surface area contributed by atoms with E-state index in [4.69, 9.17) is 0 Å². The van der Waals surface area contributed by atoms with Gasteiger partial charge in [0.1, 0.15) is 5.01 Å². The van der Waals surface area contributed by atoms with E-state index in [1.807, 2.05) is 17.0 Å². The van der Waals surface area contributed by atoms with Crippen LogP contribution >= 0.6 is 22.7 Å². The Balaban J connectivity index is 1.54. The van der Waals surface area contributed by atoms with Crippen molar-refractivity contribution in [3.8, 4) is 0 Å². The lowest BCUT2D eigenvalue weighted by atomic mass is 10.0. The number of piperidine rings is 1. The van der Waals surface area contributed by atoms with Crippen molar-refractivity contribution in [2.45, 2.75) is 31.7 Å². The van der Waals surface area contributed by atoms with Crippen molar-refractivity contribution < 1.29 is 4.79 Å². The Bertz CT molecular complexity index is 556. The number of thiazole rings is 2. The lowest BCUT2D eigenvalue weighted by molar-refractivity contribution is -0.116. The molecule has 2 aromatic rings. The highest BCUT2D eigenvalue weighted by Crippen LogP contribution is 2.31. The Morgan fingerprint density at radius 2 is 2.14 bits per heavy atom. The van der Waals surface area contributed by atoms with E-state index < -0.39 is 0 Å². The Morgan fingerprint density at radius 3 is 2.90 bits per heavy atom. The van der Waals surface area contributed by atoms with Gasteiger partial charge in [-0.05, 0) is 19.4 Å². The van der Waals surface area contributed by atoms with Gasteiger partial charge in [0.2, 0.25) is 5.91 Å². The molecule has 1 unspecified atom stereocenters. The molecular weight excluding hydrogens is 304 g/mol. The van der Waals surface area contributed by atoms with Crippen LogP contribution in [0.4, 0.5) is 5.13 Å². The maximum Gasteiger partial charge on any atom is 0.227 e. The number of nitrogens with one attached hydrogen (secondary N) is 1. The van der Waals surface area contributed by atoms with Crippen molar-refractivity contribution in [1.29, 1.82) is 0 Å². The molecule has 0 spiro atoms. The van der Waals surface area contributed by atoms with E-state index >= 15 is 0 Å². The van der Waals surface area contributed by atoms with E-state index in [1.165, 1.54) is 29.2 Å². The molecule has 1 saturated heterocycles. The van der Waals surface area contributed by atoms with Crippen LogP contribution in [0.3, 0.4) is 0 Å². The monoisotopic (exact) mass is 322 g/mol. The van der Waals surface area contributed by atoms with Crippen LogP contribution < -0.4 is 5.32 Å². The second kappa shape index (κ2) is 7.11. The molecule has 3 rings (SSSR count). The number of carbonyl (C=O) groups excluding carboxylic acids is 1. The highest BCUT2D eigenvalue weighted by Gasteiger charge is 2.25. The fourth-order valence-electron chi connectivity index (χ4n) is 2.65. The van der Waals surface area contributed by atoms with Gasteiger partial charge in [-0.15, -0.1) is 22.7 Å². The Kier molecular flexibility index (Phi) is 4.95. The number of anilines is 1. The highest BCUT2D eigenvalue weighted by molar-refractivity contribution is 7.13. The Hall–Kier alpha value is -1.31. The summed E-state index contributed by atoms with van der Waals surface area (Å²) in [6.07, 6.45) is 7.65. The summed E-state index contributed by atoms with van der Waals surface area (Å²) in [5.74, 6) is 0.0356. The summed E-state index contributed by atoms with van der Waals surface area (Å²) >= 11 is 3.16. The fraction of sp³-hybridized carbons (Fsp3) is 0.500. The maximum absolute atomic E-state index is 12.0. The quantitative estimate of drug-likeness (QED) is 0.918. The molecule has 0 bridgehead atoms. The molecule has 1 amide bonds. The number of hydrogen-bond acceptors (Lipinski definition) is 6. The molecule has 1 aliphatic rings. The smallest absolute Gasteiger partial charge is 0.227 e. The van der Waals surface area contributed by atoms with Crippen molar-refractivity contribution in [2.24, 2.45) is 0 Å². The number of rotatable bonds is 5. The molecule has 3 heterocycles. The summed E-state index contributed by atoms with van der Waals surface area (Å²) < 4.78 is 0. The largest absolute Gasteiger partial charge is 0.302 e. The second-order valence-corrected chi connectivity index (χ2v) is 6.87. The molecule has 7 heteroatoms. The highest BCUT2D eigenvalue weighted by atomic mass is 32.1. The third-order valence-corrected chi connectivity index (χ3v) is 5.22. The normalized spacial score (nSPS) is 19.5. The van der Waals surface area contributed by atoms with Crippen molar-refractivity contribution in [1.82, 2.24) is 14.9 Å². The minimum Gasteiger partial charge on any atom is -0.302 e. The molecule has 5 nitrogen and oxygen atoms in total. The van der Waals surface area contributed by atoms with Crippen LogP contribution in [0.5, 0.6) is 0 Å². The van der Waals surface area contributed by atoms with Gasteiger partial charge in [-0.2, -0.15) is 0 Å². The first kappa shape index (κ1) is 14.6. The molecule has 1 N–H and O–H groups in total. The SMILES string of the molecule is O=C(CCN1CCCCC1c1nccs1)Nc1nccs1. The van der Waals surface area contributed by atoms with Gasteiger partial charge in [0, 0.05) is 36.1 Å². The van der Waals surface area contributed by atoms with Gasteiger partial charge in [-0.1, -0.05) is 6.42 Å². The molecule has 21 heavy (non-hydrogen) atoms. The molecule has 0 aliphatic carbocycles. The number of likely N-dealkylation sites (tertiary alicyclic amines) is 1. The average Bonchev–Trinajstić information content (AvgIpc) is 3.18. The van der Waals surface area contributed by atoms with Gasteiger partial charge >= 0.3 is 0 Å². The van der Waals surface area contributed by atoms with Crippen LogP contribution in [0.2, 0.25) is 0 Å². The molecule has 2 aromatic heterocycles. The molecule has 1 aliphatic heterocycles. The minimum atomic E-state index is 0.0356. The molecule has 0 radical (unpaired) electrons. The predicted molar refractivity (Wildman–Crippen MR) is 85.6 cm³/mol. The van der Waals surface area contributed by atoms with Gasteiger partial charge in [0.25, 0.3) is 0 Å². The summed E-state index contributed by atoms with van der Waals surface area (Å²) in [4.78, 5) is 22.9. The van der Waals surface area contributed by atoms with Crippen molar-refractivity contribution in [3.05, 3.63) is 28.2 Å². The summed E-state index contributed by atoms with van der Waals surface area (Å²) in [5.41, 5.74) is 0. The first-order valence-corrected chi connectivity index (χ1v) is 8.91. The van der Waals surface area contributed by atoms with E-state index in [-0.39, 0.29) is 5.91 Å². The van der Waals surface area contributed by atoms with Crippen LogP contribution in [0.15, 0.2) is 23.2 Å². The van der Waals surface area contributed by atoms with E-state index in [1.54, 1.807) is 17.5 Å². The van der Waals surface area contributed by atoms with Crippen LogP contribution in [0, 0.1) is 0 Å². The van der Waals surface area contributed by atoms with Crippen molar-refractivity contribution in [2.75, 3.05) is 18.4 Å². The standard InChI is InChI=1S/C14H18N4OS2/c19-12(17-14-16-6-10-21-14)4-8-18-7-2-1-3-11(18)13-15-5-9-20-13/h5-6,9-11H,1-4,7-8H2,(H,16,17,19). The van der Waals surface area contributed by atoms with Crippen molar-refractivity contribution >= 4 is 33.7 Å². The Morgan fingerprint density at radius 1 is 1.29 bits per heavy atom. The molecule has 1 atom stereocenters. The van der Waals surface area contributed by atoms with Crippen molar-refractivity contribution in [3.63, 3.8) is 0 Å². The Labute approximate surface area is 132 Å². The maximum atomic E-state index is 12.0. The number of nitrogens with zero attached hydrogens (tertiary/aromatic N) is 3. The van der Waals surface area contributed by atoms with Crippen LogP contribution in [-0.4, -0.2) is 33.9 Å². The lowest BCUT2D eigenvalue weighted by Crippen LogP contribution is -2.35. The topological polar surface area (TPSA) is 58.1 Å². The first-order chi connectivity index (χ1) is 10.3. The third-order valence-electron chi connectivity index (χ3n) is 3.65. The van der Waals surface area contributed by atoms with E-state index in [2.05, 4.69) is 20.2 Å². The van der Waals surface area contributed by atoms with Gasteiger partial charge in [0.15, 0.2) is 5.13 Å². The zero-order chi connectivity index (χ0) is 14.5. The summed E-state index contributed by atoms with van der Waals surface area (Å²) in [7, 11) is 0. The van der Waals surface area contributed by atoms with Gasteiger partial charge in [-0.25, -0.2) is 9.97 Å². The summed E-state index contributed by atoms with van der Waals surface area (Å²) in [5, 5.41) is 8.58. The average molecular weight is 322 g/mol.